The van der Waals surface area contributed by atoms with E-state index in [1.165, 1.54) is 19.2 Å². The number of hydrogen-bond donors (Lipinski definition) is 2. The third kappa shape index (κ3) is 1.76. The highest BCUT2D eigenvalue weighted by Crippen LogP contribution is 2.44. The number of carboxylic acid groups (broad SMARTS) is 1. The molecule has 92 valence electrons. The van der Waals surface area contributed by atoms with E-state index >= 15 is 0 Å². The number of hydrogen-bond acceptors (Lipinski definition) is 3. The van der Waals surface area contributed by atoms with Crippen molar-refractivity contribution in [2.75, 3.05) is 7.11 Å². The molecule has 1 aromatic carbocycles. The van der Waals surface area contributed by atoms with Gasteiger partial charge in [0.2, 0.25) is 0 Å². The lowest BCUT2D eigenvalue weighted by molar-refractivity contribution is -0.148. The Kier molecular flexibility index (Phi) is 2.79. The van der Waals surface area contributed by atoms with Crippen molar-refractivity contribution in [2.24, 2.45) is 5.73 Å². The smallest absolute Gasteiger partial charge is 0.314 e. The molecule has 1 aliphatic carbocycles. The highest BCUT2D eigenvalue weighted by molar-refractivity contribution is 5.83. The molecule has 1 aromatic rings. The Hall–Kier alpha value is -1.62. The molecule has 0 bridgehead atoms. The summed E-state index contributed by atoms with van der Waals surface area (Å²) in [6, 6.07) is 4.12. The molecule has 4 nitrogen and oxygen atoms in total. The molecule has 1 aliphatic rings. The second-order valence-electron chi connectivity index (χ2n) is 4.40. The van der Waals surface area contributed by atoms with Crippen molar-refractivity contribution in [3.8, 4) is 5.75 Å². The largest absolute Gasteiger partial charge is 0.494 e. The summed E-state index contributed by atoms with van der Waals surface area (Å²) >= 11 is 0. The van der Waals surface area contributed by atoms with E-state index in [4.69, 9.17) is 10.5 Å². The lowest BCUT2D eigenvalue weighted by Crippen LogP contribution is -2.54. The van der Waals surface area contributed by atoms with Crippen LogP contribution in [-0.4, -0.2) is 24.2 Å². The number of carbonyl (C=O) groups is 1. The van der Waals surface area contributed by atoms with E-state index in [9.17, 15) is 14.3 Å². The predicted octanol–water partition coefficient (Wildman–Crippen LogP) is 1.28. The van der Waals surface area contributed by atoms with E-state index in [0.717, 1.165) is 0 Å². The van der Waals surface area contributed by atoms with Crippen LogP contribution in [0.3, 0.4) is 0 Å². The number of ether oxygens (including phenoxy) is 1. The van der Waals surface area contributed by atoms with Crippen molar-refractivity contribution in [2.45, 2.75) is 24.3 Å². The topological polar surface area (TPSA) is 72.5 Å². The Labute approximate surface area is 98.2 Å². The van der Waals surface area contributed by atoms with Gasteiger partial charge in [-0.1, -0.05) is 6.07 Å². The average molecular weight is 239 g/mol. The van der Waals surface area contributed by atoms with Gasteiger partial charge in [-0.2, -0.15) is 0 Å². The van der Waals surface area contributed by atoms with Crippen LogP contribution in [0.5, 0.6) is 5.75 Å². The Morgan fingerprint density at radius 3 is 2.65 bits per heavy atom. The van der Waals surface area contributed by atoms with Gasteiger partial charge in [-0.15, -0.1) is 0 Å². The molecule has 0 saturated heterocycles. The SMILES string of the molecule is COc1ccc(C2(C(=O)O)CC(N)C2)cc1F. The van der Waals surface area contributed by atoms with Gasteiger partial charge in [0.05, 0.1) is 12.5 Å². The molecule has 1 fully saturated rings. The monoisotopic (exact) mass is 239 g/mol. The maximum Gasteiger partial charge on any atom is 0.314 e. The Bertz CT molecular complexity index is 455. The van der Waals surface area contributed by atoms with E-state index in [1.807, 2.05) is 0 Å². The van der Waals surface area contributed by atoms with Crippen LogP contribution in [0.25, 0.3) is 0 Å². The molecule has 0 amide bonds. The quantitative estimate of drug-likeness (QED) is 0.833. The summed E-state index contributed by atoms with van der Waals surface area (Å²) in [6.45, 7) is 0. The van der Waals surface area contributed by atoms with Crippen LogP contribution >= 0.6 is 0 Å². The van der Waals surface area contributed by atoms with Crippen LogP contribution in [0.4, 0.5) is 4.39 Å². The first-order chi connectivity index (χ1) is 7.99. The highest BCUT2D eigenvalue weighted by Gasteiger charge is 2.50. The number of halogens is 1. The molecular weight excluding hydrogens is 225 g/mol. The molecule has 0 atom stereocenters. The van der Waals surface area contributed by atoms with Gasteiger partial charge in [0.1, 0.15) is 0 Å². The number of rotatable bonds is 3. The third-order valence-corrected chi connectivity index (χ3v) is 3.34. The predicted molar refractivity (Wildman–Crippen MR) is 59.5 cm³/mol. The van der Waals surface area contributed by atoms with Gasteiger partial charge in [-0.05, 0) is 30.5 Å². The first-order valence-electron chi connectivity index (χ1n) is 5.32. The van der Waals surface area contributed by atoms with Crippen molar-refractivity contribution in [1.82, 2.24) is 0 Å². The molecule has 5 heteroatoms. The van der Waals surface area contributed by atoms with Crippen molar-refractivity contribution in [3.05, 3.63) is 29.6 Å². The van der Waals surface area contributed by atoms with Crippen molar-refractivity contribution < 1.29 is 19.0 Å². The number of carboxylic acids is 1. The van der Waals surface area contributed by atoms with Gasteiger partial charge in [0.25, 0.3) is 0 Å². The molecule has 0 unspecified atom stereocenters. The zero-order valence-electron chi connectivity index (χ0n) is 9.44. The summed E-state index contributed by atoms with van der Waals surface area (Å²) in [5, 5.41) is 9.26. The zero-order chi connectivity index (χ0) is 12.6. The van der Waals surface area contributed by atoms with Crippen molar-refractivity contribution >= 4 is 5.97 Å². The molecule has 0 spiro atoms. The fourth-order valence-electron chi connectivity index (χ4n) is 2.33. The number of methoxy groups -OCH3 is 1. The molecular formula is C12H14FNO3. The molecule has 17 heavy (non-hydrogen) atoms. The minimum absolute atomic E-state index is 0.109. The van der Waals surface area contributed by atoms with Gasteiger partial charge in [-0.3, -0.25) is 4.79 Å². The van der Waals surface area contributed by atoms with E-state index in [2.05, 4.69) is 0 Å². The summed E-state index contributed by atoms with van der Waals surface area (Å²) in [5.74, 6) is -1.40. The fraction of sp³-hybridized carbons (Fsp3) is 0.417. The number of aliphatic carboxylic acids is 1. The molecule has 1 saturated carbocycles. The second kappa shape index (κ2) is 4.00. The van der Waals surface area contributed by atoms with Gasteiger partial charge in [0.15, 0.2) is 11.6 Å². The summed E-state index contributed by atoms with van der Waals surface area (Å²) < 4.78 is 18.4. The zero-order valence-corrected chi connectivity index (χ0v) is 9.44. The first-order valence-corrected chi connectivity index (χ1v) is 5.32. The lowest BCUT2D eigenvalue weighted by atomic mass is 9.62. The number of benzene rings is 1. The second-order valence-corrected chi connectivity index (χ2v) is 4.40. The van der Waals surface area contributed by atoms with E-state index in [-0.39, 0.29) is 11.8 Å². The molecule has 0 radical (unpaired) electrons. The molecule has 0 aliphatic heterocycles. The standard InChI is InChI=1S/C12H14FNO3/c1-17-10-3-2-7(4-9(10)13)12(11(15)16)5-8(14)6-12/h2-4,8H,5-6,14H2,1H3,(H,15,16). The fourth-order valence-corrected chi connectivity index (χ4v) is 2.33. The minimum Gasteiger partial charge on any atom is -0.494 e. The van der Waals surface area contributed by atoms with Gasteiger partial charge in [0, 0.05) is 6.04 Å². The normalized spacial score (nSPS) is 27.4. The lowest BCUT2D eigenvalue weighted by Gasteiger charge is -2.43. The maximum absolute atomic E-state index is 13.6. The van der Waals surface area contributed by atoms with Crippen molar-refractivity contribution in [1.29, 1.82) is 0 Å². The summed E-state index contributed by atoms with van der Waals surface area (Å²) in [7, 11) is 1.37. The molecule has 0 heterocycles. The van der Waals surface area contributed by atoms with Crippen LogP contribution in [0, 0.1) is 5.82 Å². The Balaban J connectivity index is 2.39. The Morgan fingerprint density at radius 2 is 2.24 bits per heavy atom. The average Bonchev–Trinajstić information content (AvgIpc) is 2.24. The van der Waals surface area contributed by atoms with Crippen molar-refractivity contribution in [3.63, 3.8) is 0 Å². The van der Waals surface area contributed by atoms with E-state index in [0.29, 0.717) is 18.4 Å². The summed E-state index contributed by atoms with van der Waals surface area (Å²) in [6.07, 6.45) is 0.683. The van der Waals surface area contributed by atoms with Gasteiger partial charge >= 0.3 is 5.97 Å². The summed E-state index contributed by atoms with van der Waals surface area (Å²) in [4.78, 5) is 11.3. The van der Waals surface area contributed by atoms with Crippen LogP contribution in [-0.2, 0) is 10.2 Å². The number of nitrogens with two attached hydrogens (primary N) is 1. The van der Waals surface area contributed by atoms with Crippen LogP contribution < -0.4 is 10.5 Å². The molecule has 3 N–H and O–H groups in total. The third-order valence-electron chi connectivity index (χ3n) is 3.34. The van der Waals surface area contributed by atoms with Crippen LogP contribution in [0.15, 0.2) is 18.2 Å². The van der Waals surface area contributed by atoms with Crippen LogP contribution in [0.1, 0.15) is 18.4 Å². The molecule has 2 rings (SSSR count). The first kappa shape index (κ1) is 11.9. The van der Waals surface area contributed by atoms with Gasteiger partial charge in [-0.25, -0.2) is 4.39 Å². The van der Waals surface area contributed by atoms with E-state index in [1.54, 1.807) is 6.07 Å². The Morgan fingerprint density at radius 1 is 1.59 bits per heavy atom. The molecule has 0 aromatic heterocycles. The maximum atomic E-state index is 13.6. The minimum atomic E-state index is -1.04. The highest BCUT2D eigenvalue weighted by atomic mass is 19.1. The summed E-state index contributed by atoms with van der Waals surface area (Å²) in [5.41, 5.74) is 5.06. The van der Waals surface area contributed by atoms with Gasteiger partial charge < -0.3 is 15.6 Å². The van der Waals surface area contributed by atoms with Crippen LogP contribution in [0.2, 0.25) is 0 Å². The van der Waals surface area contributed by atoms with E-state index < -0.39 is 17.2 Å².